The molecule has 30 heavy (non-hydrogen) atoms. The van der Waals surface area contributed by atoms with E-state index in [1.54, 1.807) is 36.4 Å². The lowest BCUT2D eigenvalue weighted by Crippen LogP contribution is -2.27. The maximum Gasteiger partial charge on any atom is 0.264 e. The Morgan fingerprint density at radius 2 is 1.63 bits per heavy atom. The van der Waals surface area contributed by atoms with Crippen LogP contribution in [0.3, 0.4) is 0 Å². The smallest absolute Gasteiger partial charge is 0.264 e. The van der Waals surface area contributed by atoms with Crippen LogP contribution in [0.5, 0.6) is 5.75 Å². The van der Waals surface area contributed by atoms with Gasteiger partial charge in [-0.25, -0.2) is 8.42 Å². The fourth-order valence-corrected chi connectivity index (χ4v) is 4.16. The number of carbonyl (C=O) groups excluding carboxylic acids is 1. The van der Waals surface area contributed by atoms with Crippen LogP contribution in [-0.4, -0.2) is 28.5 Å². The molecule has 0 spiro atoms. The summed E-state index contributed by atoms with van der Waals surface area (Å²) in [6.45, 7) is 3.92. The molecule has 0 aromatic heterocycles. The Bertz CT molecular complexity index is 1170. The van der Waals surface area contributed by atoms with Gasteiger partial charge in [0.25, 0.3) is 15.9 Å². The summed E-state index contributed by atoms with van der Waals surface area (Å²) in [5, 5.41) is 2.90. The van der Waals surface area contributed by atoms with Crippen LogP contribution in [0.2, 0.25) is 0 Å². The van der Waals surface area contributed by atoms with Crippen LogP contribution in [0.1, 0.15) is 21.5 Å². The first-order valence-corrected chi connectivity index (χ1v) is 10.8. The summed E-state index contributed by atoms with van der Waals surface area (Å²) in [5.41, 5.74) is 3.54. The van der Waals surface area contributed by atoms with Crippen LogP contribution < -0.4 is 14.4 Å². The third-order valence-corrected chi connectivity index (χ3v) is 6.84. The fraction of sp³-hybridized carbons (Fsp3) is 0.174. The molecule has 0 bridgehead atoms. The zero-order valence-corrected chi connectivity index (χ0v) is 18.2. The van der Waals surface area contributed by atoms with Gasteiger partial charge in [0.15, 0.2) is 0 Å². The van der Waals surface area contributed by atoms with E-state index in [0.717, 1.165) is 21.1 Å². The van der Waals surface area contributed by atoms with Gasteiger partial charge in [-0.05, 0) is 73.5 Å². The van der Waals surface area contributed by atoms with E-state index in [0.29, 0.717) is 17.0 Å². The van der Waals surface area contributed by atoms with Crippen molar-refractivity contribution in [2.24, 2.45) is 0 Å². The number of ether oxygens (including phenoxy) is 1. The summed E-state index contributed by atoms with van der Waals surface area (Å²) in [6.07, 6.45) is 0. The molecule has 3 aromatic carbocycles. The molecule has 0 aliphatic heterocycles. The van der Waals surface area contributed by atoms with Crippen molar-refractivity contribution in [3.05, 3.63) is 83.4 Å². The number of aryl methyl sites for hydroxylation is 1. The van der Waals surface area contributed by atoms with Gasteiger partial charge in [-0.1, -0.05) is 18.2 Å². The van der Waals surface area contributed by atoms with Gasteiger partial charge in [0.05, 0.1) is 17.7 Å². The van der Waals surface area contributed by atoms with E-state index in [1.807, 2.05) is 32.0 Å². The average molecular weight is 425 g/mol. The van der Waals surface area contributed by atoms with Crippen molar-refractivity contribution in [1.82, 2.24) is 0 Å². The minimum absolute atomic E-state index is 0.135. The number of hydrogen-bond donors (Lipinski definition) is 1. The molecule has 6 nitrogen and oxygen atoms in total. The quantitative estimate of drug-likeness (QED) is 0.637. The highest BCUT2D eigenvalue weighted by Crippen LogP contribution is 2.25. The molecule has 0 aliphatic rings. The lowest BCUT2D eigenvalue weighted by atomic mass is 10.1. The molecule has 3 rings (SSSR count). The Balaban J connectivity index is 1.86. The Kier molecular flexibility index (Phi) is 6.12. The van der Waals surface area contributed by atoms with Gasteiger partial charge >= 0.3 is 0 Å². The van der Waals surface area contributed by atoms with Crippen LogP contribution in [-0.2, 0) is 10.0 Å². The zero-order chi connectivity index (χ0) is 21.9. The largest absolute Gasteiger partial charge is 0.497 e. The highest BCUT2D eigenvalue weighted by atomic mass is 32.2. The lowest BCUT2D eigenvalue weighted by molar-refractivity contribution is 0.102. The van der Waals surface area contributed by atoms with Gasteiger partial charge in [-0.3, -0.25) is 9.10 Å². The van der Waals surface area contributed by atoms with E-state index in [4.69, 9.17) is 4.74 Å². The van der Waals surface area contributed by atoms with Gasteiger partial charge in [-0.2, -0.15) is 0 Å². The third kappa shape index (κ3) is 4.31. The van der Waals surface area contributed by atoms with E-state index < -0.39 is 10.0 Å². The number of carbonyl (C=O) groups is 1. The molecule has 7 heteroatoms. The molecule has 0 atom stereocenters. The fourth-order valence-electron chi connectivity index (χ4n) is 2.97. The maximum absolute atomic E-state index is 13.0. The highest BCUT2D eigenvalue weighted by Gasteiger charge is 2.22. The number of benzene rings is 3. The van der Waals surface area contributed by atoms with E-state index in [1.165, 1.54) is 26.3 Å². The number of amides is 1. The van der Waals surface area contributed by atoms with Gasteiger partial charge < -0.3 is 10.1 Å². The molecular weight excluding hydrogens is 400 g/mol. The second-order valence-electron chi connectivity index (χ2n) is 6.90. The topological polar surface area (TPSA) is 75.7 Å². The van der Waals surface area contributed by atoms with Crippen LogP contribution in [0.15, 0.2) is 71.6 Å². The summed E-state index contributed by atoms with van der Waals surface area (Å²) in [5.74, 6) is 0.266. The molecule has 0 heterocycles. The number of nitrogens with one attached hydrogen (secondary N) is 1. The number of methoxy groups -OCH3 is 1. The molecular formula is C23H24N2O4S. The predicted octanol–water partition coefficient (Wildman–Crippen LogP) is 4.39. The van der Waals surface area contributed by atoms with Crippen molar-refractivity contribution < 1.29 is 17.9 Å². The molecule has 0 saturated carbocycles. The molecule has 0 radical (unpaired) electrons. The van der Waals surface area contributed by atoms with Crippen molar-refractivity contribution in [1.29, 1.82) is 0 Å². The maximum atomic E-state index is 13.0. The SMILES string of the molecule is COc1ccc(S(=O)(=O)N(C)c2cccc(C(=O)Nc3cccc(C)c3C)c2)cc1. The molecule has 1 N–H and O–H groups in total. The molecule has 156 valence electrons. The molecule has 0 saturated heterocycles. The standard InChI is InChI=1S/C23H24N2O4S/c1-16-7-5-10-22(17(16)2)24-23(26)18-8-6-9-19(15-18)25(3)30(27,28)21-13-11-20(29-4)12-14-21/h5-15H,1-4H3,(H,24,26). The summed E-state index contributed by atoms with van der Waals surface area (Å²) in [6, 6.07) is 18.4. The third-order valence-electron chi connectivity index (χ3n) is 5.04. The second kappa shape index (κ2) is 8.59. The first kappa shape index (κ1) is 21.4. The van der Waals surface area contributed by atoms with Crippen LogP contribution in [0.4, 0.5) is 11.4 Å². The van der Waals surface area contributed by atoms with Crippen LogP contribution >= 0.6 is 0 Å². The van der Waals surface area contributed by atoms with E-state index in [9.17, 15) is 13.2 Å². The Morgan fingerprint density at radius 1 is 0.967 bits per heavy atom. The summed E-state index contributed by atoms with van der Waals surface area (Å²) >= 11 is 0. The van der Waals surface area contributed by atoms with Crippen LogP contribution in [0, 0.1) is 13.8 Å². The van der Waals surface area contributed by atoms with Crippen molar-refractivity contribution >= 4 is 27.3 Å². The summed E-state index contributed by atoms with van der Waals surface area (Å²) in [7, 11) is -0.807. The Morgan fingerprint density at radius 3 is 2.30 bits per heavy atom. The predicted molar refractivity (Wildman–Crippen MR) is 119 cm³/mol. The highest BCUT2D eigenvalue weighted by molar-refractivity contribution is 7.92. The molecule has 0 aliphatic carbocycles. The minimum Gasteiger partial charge on any atom is -0.497 e. The van der Waals surface area contributed by atoms with Crippen molar-refractivity contribution in [3.63, 3.8) is 0 Å². The number of anilines is 2. The first-order chi connectivity index (χ1) is 14.2. The number of nitrogens with zero attached hydrogens (tertiary/aromatic N) is 1. The average Bonchev–Trinajstić information content (AvgIpc) is 2.76. The minimum atomic E-state index is -3.78. The molecule has 0 fully saturated rings. The van der Waals surface area contributed by atoms with Crippen molar-refractivity contribution in [3.8, 4) is 5.75 Å². The number of hydrogen-bond acceptors (Lipinski definition) is 4. The van der Waals surface area contributed by atoms with E-state index in [2.05, 4.69) is 5.32 Å². The first-order valence-electron chi connectivity index (χ1n) is 9.34. The van der Waals surface area contributed by atoms with Gasteiger partial charge in [0.1, 0.15) is 5.75 Å². The number of sulfonamides is 1. The van der Waals surface area contributed by atoms with Gasteiger partial charge in [0.2, 0.25) is 0 Å². The van der Waals surface area contributed by atoms with Crippen molar-refractivity contribution in [2.45, 2.75) is 18.7 Å². The molecule has 0 unspecified atom stereocenters. The van der Waals surface area contributed by atoms with Crippen LogP contribution in [0.25, 0.3) is 0 Å². The molecule has 3 aromatic rings. The second-order valence-corrected chi connectivity index (χ2v) is 8.87. The Hall–Kier alpha value is -3.32. The van der Waals surface area contributed by atoms with Crippen molar-refractivity contribution in [2.75, 3.05) is 23.8 Å². The van der Waals surface area contributed by atoms with E-state index in [-0.39, 0.29) is 10.8 Å². The summed E-state index contributed by atoms with van der Waals surface area (Å²) < 4.78 is 32.2. The Labute approximate surface area is 177 Å². The van der Waals surface area contributed by atoms with Gasteiger partial charge in [0, 0.05) is 18.3 Å². The van der Waals surface area contributed by atoms with Gasteiger partial charge in [-0.15, -0.1) is 0 Å². The number of rotatable bonds is 6. The normalized spacial score (nSPS) is 11.1. The van der Waals surface area contributed by atoms with E-state index >= 15 is 0 Å². The lowest BCUT2D eigenvalue weighted by Gasteiger charge is -2.20. The monoisotopic (exact) mass is 424 g/mol. The molecule has 1 amide bonds. The zero-order valence-electron chi connectivity index (χ0n) is 17.3. The summed E-state index contributed by atoms with van der Waals surface area (Å²) in [4.78, 5) is 12.9.